The van der Waals surface area contributed by atoms with Crippen LogP contribution >= 0.6 is 11.8 Å². The third-order valence-corrected chi connectivity index (χ3v) is 7.34. The van der Waals surface area contributed by atoms with Crippen LogP contribution in [0, 0.1) is 6.92 Å². The number of aryl methyl sites for hydroxylation is 1. The van der Waals surface area contributed by atoms with Gasteiger partial charge in [0.05, 0.1) is 11.9 Å². The molecular formula is C34H33N3O4S. The average Bonchev–Trinajstić information content (AvgIpc) is 3.00. The Morgan fingerprint density at radius 1 is 0.833 bits per heavy atom. The van der Waals surface area contributed by atoms with Gasteiger partial charge in [0, 0.05) is 21.8 Å². The molecule has 0 radical (unpaired) electrons. The highest BCUT2D eigenvalue weighted by molar-refractivity contribution is 8.00. The van der Waals surface area contributed by atoms with Gasteiger partial charge < -0.3 is 20.7 Å². The summed E-state index contributed by atoms with van der Waals surface area (Å²) in [5, 5.41) is 8.24. The number of thioether (sulfide) groups is 1. The van der Waals surface area contributed by atoms with Crippen LogP contribution in [-0.2, 0) is 9.59 Å². The van der Waals surface area contributed by atoms with E-state index in [1.54, 1.807) is 42.5 Å². The standard InChI is InChI=1S/C34H33N3O4S/c1-4-41-28-18-14-25(15-19-28)22-31(37-33(39)26-11-6-5-7-12-26)34(40)35-27-16-20-29(21-17-27)42-24(3)32(38)36-30-13-9-8-10-23(30)2/h5-22,24H,4H2,1-3H3,(H,35,40)(H,36,38)(H,37,39)/b31-22-. The van der Waals surface area contributed by atoms with Crippen LogP contribution in [0.2, 0.25) is 0 Å². The summed E-state index contributed by atoms with van der Waals surface area (Å²) in [5.74, 6) is -0.244. The Kier molecular flexibility index (Phi) is 10.6. The molecular weight excluding hydrogens is 546 g/mol. The molecule has 4 aromatic carbocycles. The smallest absolute Gasteiger partial charge is 0.272 e. The summed E-state index contributed by atoms with van der Waals surface area (Å²) in [5.41, 5.74) is 3.59. The first-order valence-electron chi connectivity index (χ1n) is 13.6. The maximum absolute atomic E-state index is 13.3. The molecule has 3 N–H and O–H groups in total. The number of para-hydroxylation sites is 1. The zero-order chi connectivity index (χ0) is 29.9. The quantitative estimate of drug-likeness (QED) is 0.132. The first-order chi connectivity index (χ1) is 20.3. The van der Waals surface area contributed by atoms with Crippen LogP contribution in [0.15, 0.2) is 114 Å². The maximum atomic E-state index is 13.3. The molecule has 0 fully saturated rings. The molecule has 1 atom stereocenters. The largest absolute Gasteiger partial charge is 0.494 e. The second kappa shape index (κ2) is 14.7. The number of anilines is 2. The monoisotopic (exact) mass is 579 g/mol. The van der Waals surface area contributed by atoms with Crippen LogP contribution in [0.3, 0.4) is 0 Å². The van der Waals surface area contributed by atoms with Crippen molar-refractivity contribution in [1.29, 1.82) is 0 Å². The zero-order valence-electron chi connectivity index (χ0n) is 23.7. The van der Waals surface area contributed by atoms with E-state index in [0.717, 1.165) is 21.7 Å². The van der Waals surface area contributed by atoms with Gasteiger partial charge in [-0.1, -0.05) is 48.5 Å². The van der Waals surface area contributed by atoms with Crippen LogP contribution in [0.1, 0.15) is 35.3 Å². The van der Waals surface area contributed by atoms with Crippen LogP contribution in [0.5, 0.6) is 5.75 Å². The van der Waals surface area contributed by atoms with Crippen molar-refractivity contribution in [2.75, 3.05) is 17.2 Å². The molecule has 4 rings (SSSR count). The van der Waals surface area contributed by atoms with E-state index in [9.17, 15) is 14.4 Å². The molecule has 0 saturated heterocycles. The number of amides is 3. The van der Waals surface area contributed by atoms with Gasteiger partial charge >= 0.3 is 0 Å². The van der Waals surface area contributed by atoms with Crippen LogP contribution in [0.4, 0.5) is 11.4 Å². The summed E-state index contributed by atoms with van der Waals surface area (Å²) in [6.07, 6.45) is 1.62. The number of carbonyl (C=O) groups is 3. The van der Waals surface area contributed by atoms with Crippen molar-refractivity contribution in [1.82, 2.24) is 5.32 Å². The fourth-order valence-corrected chi connectivity index (χ4v) is 4.82. The second-order valence-corrected chi connectivity index (χ2v) is 10.8. The van der Waals surface area contributed by atoms with Crippen molar-refractivity contribution in [2.24, 2.45) is 0 Å². The molecule has 0 heterocycles. The van der Waals surface area contributed by atoms with E-state index < -0.39 is 11.8 Å². The van der Waals surface area contributed by atoms with Crippen LogP contribution in [-0.4, -0.2) is 29.6 Å². The lowest BCUT2D eigenvalue weighted by Gasteiger charge is -2.14. The number of nitrogens with one attached hydrogen (secondary N) is 3. The molecule has 4 aromatic rings. The lowest BCUT2D eigenvalue weighted by Crippen LogP contribution is -2.30. The van der Waals surface area contributed by atoms with Crippen molar-refractivity contribution >= 4 is 46.9 Å². The molecule has 0 aliphatic carbocycles. The molecule has 0 spiro atoms. The predicted molar refractivity (Wildman–Crippen MR) is 170 cm³/mol. The molecule has 0 bridgehead atoms. The Morgan fingerprint density at radius 3 is 2.17 bits per heavy atom. The molecule has 3 amide bonds. The van der Waals surface area contributed by atoms with Crippen molar-refractivity contribution in [3.63, 3.8) is 0 Å². The summed E-state index contributed by atoms with van der Waals surface area (Å²) in [6.45, 7) is 6.26. The number of ether oxygens (including phenoxy) is 1. The summed E-state index contributed by atoms with van der Waals surface area (Å²) in [4.78, 5) is 39.8. The van der Waals surface area contributed by atoms with Crippen LogP contribution < -0.4 is 20.7 Å². The van der Waals surface area contributed by atoms with E-state index in [2.05, 4.69) is 16.0 Å². The number of hydrogen-bond acceptors (Lipinski definition) is 5. The Bertz CT molecular complexity index is 1550. The minimum Gasteiger partial charge on any atom is -0.494 e. The molecule has 214 valence electrons. The summed E-state index contributed by atoms with van der Waals surface area (Å²) in [7, 11) is 0. The molecule has 0 aromatic heterocycles. The van der Waals surface area contributed by atoms with Crippen molar-refractivity contribution < 1.29 is 19.1 Å². The summed E-state index contributed by atoms with van der Waals surface area (Å²) >= 11 is 1.42. The fraction of sp³-hybridized carbons (Fsp3) is 0.147. The van der Waals surface area contributed by atoms with Crippen LogP contribution in [0.25, 0.3) is 6.08 Å². The first-order valence-corrected chi connectivity index (χ1v) is 14.5. The lowest BCUT2D eigenvalue weighted by atomic mass is 10.1. The van der Waals surface area contributed by atoms with E-state index in [0.29, 0.717) is 23.6 Å². The highest BCUT2D eigenvalue weighted by Gasteiger charge is 2.17. The molecule has 7 nitrogen and oxygen atoms in total. The maximum Gasteiger partial charge on any atom is 0.272 e. The SMILES string of the molecule is CCOc1ccc(/C=C(\NC(=O)c2ccccc2)C(=O)Nc2ccc(SC(C)C(=O)Nc3ccccc3C)cc2)cc1. The minimum absolute atomic E-state index is 0.0907. The van der Waals surface area contributed by atoms with Crippen molar-refractivity contribution in [3.8, 4) is 5.75 Å². The van der Waals surface area contributed by atoms with Gasteiger partial charge in [0.2, 0.25) is 5.91 Å². The van der Waals surface area contributed by atoms with E-state index in [1.807, 2.05) is 87.5 Å². The Labute approximate surface area is 250 Å². The van der Waals surface area contributed by atoms with Gasteiger partial charge in [0.1, 0.15) is 11.4 Å². The summed E-state index contributed by atoms with van der Waals surface area (Å²) < 4.78 is 5.50. The minimum atomic E-state index is -0.473. The number of rotatable bonds is 11. The van der Waals surface area contributed by atoms with E-state index in [4.69, 9.17) is 4.74 Å². The highest BCUT2D eigenvalue weighted by Crippen LogP contribution is 2.26. The van der Waals surface area contributed by atoms with Crippen molar-refractivity contribution in [3.05, 3.63) is 126 Å². The number of hydrogen-bond donors (Lipinski definition) is 3. The molecule has 42 heavy (non-hydrogen) atoms. The van der Waals surface area contributed by atoms with Crippen molar-refractivity contribution in [2.45, 2.75) is 30.9 Å². The average molecular weight is 580 g/mol. The Morgan fingerprint density at radius 2 is 1.50 bits per heavy atom. The fourth-order valence-electron chi connectivity index (χ4n) is 3.96. The third kappa shape index (κ3) is 8.59. The van der Waals surface area contributed by atoms with Gasteiger partial charge in [0.15, 0.2) is 0 Å². The van der Waals surface area contributed by atoms with Gasteiger partial charge in [-0.05, 0) is 92.6 Å². The highest BCUT2D eigenvalue weighted by atomic mass is 32.2. The van der Waals surface area contributed by atoms with E-state index >= 15 is 0 Å². The van der Waals surface area contributed by atoms with E-state index in [-0.39, 0.29) is 16.9 Å². The van der Waals surface area contributed by atoms with Gasteiger partial charge in [-0.25, -0.2) is 0 Å². The predicted octanol–water partition coefficient (Wildman–Crippen LogP) is 6.92. The molecule has 8 heteroatoms. The van der Waals surface area contributed by atoms with E-state index in [1.165, 1.54) is 11.8 Å². The number of benzene rings is 4. The molecule has 0 aliphatic rings. The van der Waals surface area contributed by atoms with Gasteiger partial charge in [-0.3, -0.25) is 14.4 Å². The van der Waals surface area contributed by atoms with Gasteiger partial charge in [-0.15, -0.1) is 11.8 Å². The topological polar surface area (TPSA) is 96.5 Å². The normalized spacial score (nSPS) is 11.7. The Balaban J connectivity index is 1.44. The molecule has 1 unspecified atom stereocenters. The zero-order valence-corrected chi connectivity index (χ0v) is 24.5. The third-order valence-electron chi connectivity index (χ3n) is 6.23. The summed E-state index contributed by atoms with van der Waals surface area (Å²) in [6, 6.07) is 30.8. The van der Waals surface area contributed by atoms with Gasteiger partial charge in [-0.2, -0.15) is 0 Å². The molecule has 0 saturated carbocycles. The second-order valence-electron chi connectivity index (χ2n) is 9.42. The first kappa shape index (κ1) is 30.1. The Hall–Kier alpha value is -4.82. The molecule has 0 aliphatic heterocycles. The lowest BCUT2D eigenvalue weighted by molar-refractivity contribution is -0.115. The van der Waals surface area contributed by atoms with Gasteiger partial charge in [0.25, 0.3) is 11.8 Å². The number of carbonyl (C=O) groups excluding carboxylic acids is 3.